The Kier molecular flexibility index (Phi) is 2.35. The molecule has 1 aliphatic carbocycles. The Bertz CT molecular complexity index is 409. The summed E-state index contributed by atoms with van der Waals surface area (Å²) in [6, 6.07) is -0.413. The SMILES string of the molecule is NC1(C(=O)NC2C=CS(=O)(=O)C2)CCC1. The highest BCUT2D eigenvalue weighted by Crippen LogP contribution is 2.29. The van der Waals surface area contributed by atoms with Crippen molar-refractivity contribution in [2.75, 3.05) is 5.75 Å². The Morgan fingerprint density at radius 2 is 2.13 bits per heavy atom. The normalized spacial score (nSPS) is 30.9. The van der Waals surface area contributed by atoms with Gasteiger partial charge in [-0.1, -0.05) is 0 Å². The lowest BCUT2D eigenvalue weighted by molar-refractivity contribution is -0.129. The van der Waals surface area contributed by atoms with Crippen molar-refractivity contribution in [3.05, 3.63) is 11.5 Å². The molecule has 1 amide bonds. The largest absolute Gasteiger partial charge is 0.347 e. The molecule has 1 unspecified atom stereocenters. The summed E-state index contributed by atoms with van der Waals surface area (Å²) < 4.78 is 22.2. The number of carbonyl (C=O) groups is 1. The van der Waals surface area contributed by atoms with Gasteiger partial charge in [-0.15, -0.1) is 0 Å². The summed E-state index contributed by atoms with van der Waals surface area (Å²) in [5, 5.41) is 3.79. The van der Waals surface area contributed by atoms with Gasteiger partial charge in [-0.05, 0) is 25.3 Å². The van der Waals surface area contributed by atoms with Crippen LogP contribution in [-0.4, -0.2) is 31.7 Å². The first kappa shape index (κ1) is 10.6. The molecule has 0 aromatic rings. The van der Waals surface area contributed by atoms with Crippen LogP contribution in [0.5, 0.6) is 0 Å². The van der Waals surface area contributed by atoms with E-state index >= 15 is 0 Å². The van der Waals surface area contributed by atoms with Gasteiger partial charge >= 0.3 is 0 Å². The third-order valence-corrected chi connectivity index (χ3v) is 4.34. The van der Waals surface area contributed by atoms with Crippen molar-refractivity contribution >= 4 is 15.7 Å². The quantitative estimate of drug-likeness (QED) is 0.656. The molecule has 1 heterocycles. The Morgan fingerprint density at radius 3 is 2.53 bits per heavy atom. The van der Waals surface area contributed by atoms with E-state index in [1.165, 1.54) is 6.08 Å². The molecule has 0 bridgehead atoms. The third kappa shape index (κ3) is 2.05. The number of nitrogens with one attached hydrogen (secondary N) is 1. The number of amides is 1. The Balaban J connectivity index is 1.94. The minimum absolute atomic E-state index is 0.0468. The highest BCUT2D eigenvalue weighted by atomic mass is 32.2. The predicted molar refractivity (Wildman–Crippen MR) is 55.6 cm³/mol. The Labute approximate surface area is 88.6 Å². The zero-order valence-electron chi connectivity index (χ0n) is 8.27. The van der Waals surface area contributed by atoms with Crippen molar-refractivity contribution < 1.29 is 13.2 Å². The van der Waals surface area contributed by atoms with E-state index in [4.69, 9.17) is 5.73 Å². The maximum Gasteiger partial charge on any atom is 0.240 e. The Hall–Kier alpha value is -0.880. The zero-order chi connectivity index (χ0) is 11.1. The summed E-state index contributed by atoms with van der Waals surface area (Å²) in [4.78, 5) is 11.6. The standard InChI is InChI=1S/C9H14N2O3S/c10-9(3-1-4-9)8(12)11-7-2-5-15(13,14)6-7/h2,5,7H,1,3-4,6,10H2,(H,11,12). The molecule has 1 fully saturated rings. The number of rotatable bonds is 2. The van der Waals surface area contributed by atoms with Crippen LogP contribution in [0, 0.1) is 0 Å². The molecule has 5 nitrogen and oxygen atoms in total. The highest BCUT2D eigenvalue weighted by molar-refractivity contribution is 7.94. The van der Waals surface area contributed by atoms with Gasteiger partial charge in [0.05, 0.1) is 17.3 Å². The summed E-state index contributed by atoms with van der Waals surface area (Å²) in [7, 11) is -3.11. The van der Waals surface area contributed by atoms with Crippen LogP contribution in [0.2, 0.25) is 0 Å². The van der Waals surface area contributed by atoms with Gasteiger partial charge in [0.15, 0.2) is 9.84 Å². The smallest absolute Gasteiger partial charge is 0.240 e. The maximum atomic E-state index is 11.6. The average Bonchev–Trinajstić information content (AvgIpc) is 2.41. The van der Waals surface area contributed by atoms with Crippen molar-refractivity contribution in [3.63, 3.8) is 0 Å². The Morgan fingerprint density at radius 1 is 1.47 bits per heavy atom. The number of hydrogen-bond acceptors (Lipinski definition) is 4. The molecular formula is C9H14N2O3S. The molecule has 1 atom stereocenters. The van der Waals surface area contributed by atoms with E-state index in [9.17, 15) is 13.2 Å². The van der Waals surface area contributed by atoms with Crippen molar-refractivity contribution in [1.82, 2.24) is 5.32 Å². The molecule has 0 aromatic carbocycles. The van der Waals surface area contributed by atoms with Gasteiger partial charge in [0.25, 0.3) is 0 Å². The van der Waals surface area contributed by atoms with Crippen LogP contribution in [0.25, 0.3) is 0 Å². The van der Waals surface area contributed by atoms with Gasteiger partial charge < -0.3 is 11.1 Å². The monoisotopic (exact) mass is 230 g/mol. The second kappa shape index (κ2) is 3.31. The van der Waals surface area contributed by atoms with Crippen LogP contribution < -0.4 is 11.1 Å². The van der Waals surface area contributed by atoms with Crippen molar-refractivity contribution in [1.29, 1.82) is 0 Å². The summed E-state index contributed by atoms with van der Waals surface area (Å²) in [5.41, 5.74) is 5.04. The number of hydrogen-bond donors (Lipinski definition) is 2. The molecule has 2 rings (SSSR count). The molecule has 0 saturated heterocycles. The number of nitrogens with two attached hydrogens (primary N) is 1. The summed E-state index contributed by atoms with van der Waals surface area (Å²) in [6.45, 7) is 0. The first-order valence-corrected chi connectivity index (χ1v) is 6.64. The van der Waals surface area contributed by atoms with Gasteiger partial charge in [0, 0.05) is 5.41 Å². The van der Waals surface area contributed by atoms with E-state index in [-0.39, 0.29) is 11.7 Å². The second-order valence-corrected chi connectivity index (χ2v) is 6.18. The lowest BCUT2D eigenvalue weighted by Crippen LogP contribution is -2.60. The first-order valence-electron chi connectivity index (χ1n) is 4.92. The van der Waals surface area contributed by atoms with Crippen molar-refractivity contribution in [3.8, 4) is 0 Å². The van der Waals surface area contributed by atoms with Crippen molar-refractivity contribution in [2.24, 2.45) is 5.73 Å². The molecule has 84 valence electrons. The molecule has 0 aromatic heterocycles. The van der Waals surface area contributed by atoms with Crippen molar-refractivity contribution in [2.45, 2.75) is 30.8 Å². The highest BCUT2D eigenvalue weighted by Gasteiger charge is 2.41. The van der Waals surface area contributed by atoms with Gasteiger partial charge in [-0.25, -0.2) is 8.42 Å². The molecule has 1 aliphatic heterocycles. The first-order chi connectivity index (χ1) is 6.91. The predicted octanol–water partition coefficient (Wildman–Crippen LogP) is -0.705. The van der Waals surface area contributed by atoms with Crippen LogP contribution in [-0.2, 0) is 14.6 Å². The van der Waals surface area contributed by atoms with Crippen LogP contribution >= 0.6 is 0 Å². The van der Waals surface area contributed by atoms with Gasteiger partial charge in [0.2, 0.25) is 5.91 Å². The second-order valence-electron chi connectivity index (χ2n) is 4.25. The maximum absolute atomic E-state index is 11.6. The van der Waals surface area contributed by atoms with E-state index in [1.807, 2.05) is 0 Å². The minimum atomic E-state index is -3.11. The lowest BCUT2D eigenvalue weighted by atomic mass is 9.77. The van der Waals surface area contributed by atoms with E-state index < -0.39 is 21.4 Å². The van der Waals surface area contributed by atoms with Crippen LogP contribution in [0.3, 0.4) is 0 Å². The van der Waals surface area contributed by atoms with E-state index in [1.54, 1.807) is 0 Å². The molecule has 1 saturated carbocycles. The van der Waals surface area contributed by atoms with Crippen LogP contribution in [0.1, 0.15) is 19.3 Å². The van der Waals surface area contributed by atoms with Gasteiger partial charge in [-0.3, -0.25) is 4.79 Å². The molecule has 3 N–H and O–H groups in total. The minimum Gasteiger partial charge on any atom is -0.347 e. The topological polar surface area (TPSA) is 89.3 Å². The van der Waals surface area contributed by atoms with Gasteiger partial charge in [0.1, 0.15) is 0 Å². The summed E-state index contributed by atoms with van der Waals surface area (Å²) in [6.07, 6.45) is 3.82. The zero-order valence-corrected chi connectivity index (χ0v) is 9.09. The van der Waals surface area contributed by atoms with Gasteiger partial charge in [-0.2, -0.15) is 0 Å². The fraction of sp³-hybridized carbons (Fsp3) is 0.667. The lowest BCUT2D eigenvalue weighted by Gasteiger charge is -2.36. The van der Waals surface area contributed by atoms with Crippen LogP contribution in [0.15, 0.2) is 11.5 Å². The van der Waals surface area contributed by atoms with E-state index in [0.717, 1.165) is 11.8 Å². The van der Waals surface area contributed by atoms with E-state index in [2.05, 4.69) is 5.32 Å². The summed E-state index contributed by atoms with van der Waals surface area (Å²) in [5.74, 6) is -0.282. The van der Waals surface area contributed by atoms with Crippen LogP contribution in [0.4, 0.5) is 0 Å². The molecule has 0 spiro atoms. The average molecular weight is 230 g/mol. The number of sulfone groups is 1. The van der Waals surface area contributed by atoms with E-state index in [0.29, 0.717) is 12.8 Å². The fourth-order valence-corrected chi connectivity index (χ4v) is 3.00. The fourth-order valence-electron chi connectivity index (χ4n) is 1.76. The summed E-state index contributed by atoms with van der Waals surface area (Å²) >= 11 is 0. The molecule has 2 aliphatic rings. The molecule has 15 heavy (non-hydrogen) atoms. The number of carbonyl (C=O) groups excluding carboxylic acids is 1. The molecule has 0 radical (unpaired) electrons. The molecule has 6 heteroatoms. The third-order valence-electron chi connectivity index (χ3n) is 2.94. The molecular weight excluding hydrogens is 216 g/mol.